The maximum Gasteiger partial charge on any atom is 0.244 e. The molecule has 0 saturated carbocycles. The quantitative estimate of drug-likeness (QED) is 0.580. The molecule has 34 heavy (non-hydrogen) atoms. The number of anilines is 1. The van der Waals surface area contributed by atoms with Crippen LogP contribution in [0.5, 0.6) is 5.75 Å². The first-order chi connectivity index (χ1) is 15.7. The van der Waals surface area contributed by atoms with Crippen LogP contribution in [0.4, 0.5) is 10.1 Å². The van der Waals surface area contributed by atoms with Crippen molar-refractivity contribution >= 4 is 27.5 Å². The van der Waals surface area contributed by atoms with Gasteiger partial charge in [0.1, 0.15) is 24.2 Å². The molecule has 8 nitrogen and oxygen atoms in total. The van der Waals surface area contributed by atoms with Crippen LogP contribution in [0, 0.1) is 5.82 Å². The lowest BCUT2D eigenvalue weighted by atomic mass is 10.1. The van der Waals surface area contributed by atoms with Crippen molar-refractivity contribution in [2.45, 2.75) is 45.8 Å². The van der Waals surface area contributed by atoms with E-state index in [1.807, 2.05) is 20.8 Å². The molecule has 2 aromatic carbocycles. The highest BCUT2D eigenvalue weighted by atomic mass is 32.2. The Balaban J connectivity index is 2.41. The van der Waals surface area contributed by atoms with Crippen molar-refractivity contribution in [1.29, 1.82) is 0 Å². The third kappa shape index (κ3) is 7.72. The number of hydrogen-bond donors (Lipinski definition) is 1. The van der Waals surface area contributed by atoms with E-state index in [4.69, 9.17) is 4.74 Å². The van der Waals surface area contributed by atoms with Crippen LogP contribution in [0.25, 0.3) is 0 Å². The Bertz CT molecular complexity index is 1110. The topological polar surface area (TPSA) is 96.0 Å². The summed E-state index contributed by atoms with van der Waals surface area (Å²) in [6.07, 6.45) is 0.964. The zero-order valence-electron chi connectivity index (χ0n) is 20.3. The number of amides is 2. The van der Waals surface area contributed by atoms with Gasteiger partial charge in [0.05, 0.1) is 19.1 Å². The van der Waals surface area contributed by atoms with E-state index < -0.39 is 39.9 Å². The first kappa shape index (κ1) is 27.1. The molecular weight excluding hydrogens is 461 g/mol. The number of benzene rings is 2. The fraction of sp³-hybridized carbons (Fsp3) is 0.417. The lowest BCUT2D eigenvalue weighted by Gasteiger charge is -2.33. The Morgan fingerprint density at radius 2 is 1.74 bits per heavy atom. The molecule has 186 valence electrons. The van der Waals surface area contributed by atoms with Gasteiger partial charge in [0, 0.05) is 12.1 Å². The van der Waals surface area contributed by atoms with Gasteiger partial charge in [0.25, 0.3) is 0 Å². The average molecular weight is 494 g/mol. The number of halogens is 1. The molecule has 0 heterocycles. The lowest BCUT2D eigenvalue weighted by molar-refractivity contribution is -0.140. The fourth-order valence-corrected chi connectivity index (χ4v) is 4.09. The molecule has 2 amide bonds. The van der Waals surface area contributed by atoms with Gasteiger partial charge in [-0.2, -0.15) is 0 Å². The number of carbonyl (C=O) groups is 2. The third-order valence-electron chi connectivity index (χ3n) is 4.95. The van der Waals surface area contributed by atoms with Gasteiger partial charge in [0.15, 0.2) is 0 Å². The summed E-state index contributed by atoms with van der Waals surface area (Å²) < 4.78 is 44.5. The van der Waals surface area contributed by atoms with Gasteiger partial charge in [-0.25, -0.2) is 12.8 Å². The van der Waals surface area contributed by atoms with Crippen LogP contribution < -0.4 is 14.4 Å². The van der Waals surface area contributed by atoms with Crippen molar-refractivity contribution in [3.05, 3.63) is 59.9 Å². The molecule has 0 spiro atoms. The minimum Gasteiger partial charge on any atom is -0.497 e. The summed E-state index contributed by atoms with van der Waals surface area (Å²) in [5, 5.41) is 2.85. The maximum absolute atomic E-state index is 13.4. The lowest BCUT2D eigenvalue weighted by Crippen LogP contribution is -2.54. The van der Waals surface area contributed by atoms with Crippen LogP contribution in [-0.2, 0) is 26.2 Å². The molecule has 0 aromatic heterocycles. The van der Waals surface area contributed by atoms with Crippen molar-refractivity contribution in [3.8, 4) is 5.75 Å². The maximum atomic E-state index is 13.4. The van der Waals surface area contributed by atoms with E-state index in [0.29, 0.717) is 11.3 Å². The number of nitrogens with one attached hydrogen (secondary N) is 1. The Kier molecular flexibility index (Phi) is 8.66. The molecule has 0 saturated heterocycles. The summed E-state index contributed by atoms with van der Waals surface area (Å²) >= 11 is 0. The first-order valence-electron chi connectivity index (χ1n) is 10.7. The number of nitrogens with zero attached hydrogens (tertiary/aromatic N) is 2. The number of rotatable bonds is 9. The van der Waals surface area contributed by atoms with E-state index in [1.54, 1.807) is 31.2 Å². The molecule has 1 N–H and O–H groups in total. The standard InChI is InChI=1S/C24H32FN3O5S/c1-17(23(30)26-24(2,3)4)27(15-18-8-7-9-21(14-18)33-5)22(29)16-28(34(6,31)32)20-12-10-19(25)11-13-20/h7-14,17H,15-16H2,1-6H3,(H,26,30)/t17-/m1/s1. The van der Waals surface area contributed by atoms with Gasteiger partial charge >= 0.3 is 0 Å². The fourth-order valence-electron chi connectivity index (χ4n) is 3.25. The van der Waals surface area contributed by atoms with Crippen LogP contribution >= 0.6 is 0 Å². The highest BCUT2D eigenvalue weighted by Crippen LogP contribution is 2.21. The molecule has 0 unspecified atom stereocenters. The molecule has 10 heteroatoms. The molecule has 0 aliphatic heterocycles. The van der Waals surface area contributed by atoms with Crippen LogP contribution in [0.2, 0.25) is 0 Å². The second-order valence-corrected chi connectivity index (χ2v) is 10.9. The normalized spacial score (nSPS) is 12.6. The average Bonchev–Trinajstić information content (AvgIpc) is 2.74. The summed E-state index contributed by atoms with van der Waals surface area (Å²) in [6, 6.07) is 10.9. The SMILES string of the molecule is COc1cccc(CN(C(=O)CN(c2ccc(F)cc2)S(C)(=O)=O)[C@H](C)C(=O)NC(C)(C)C)c1. The van der Waals surface area contributed by atoms with Gasteiger partial charge in [-0.05, 0) is 69.7 Å². The summed E-state index contributed by atoms with van der Waals surface area (Å²) in [4.78, 5) is 27.7. The van der Waals surface area contributed by atoms with E-state index in [1.165, 1.54) is 24.1 Å². The number of carbonyl (C=O) groups excluding carboxylic acids is 2. The van der Waals surface area contributed by atoms with Crippen molar-refractivity contribution < 1.29 is 27.1 Å². The molecule has 1 atom stereocenters. The minimum atomic E-state index is -3.87. The van der Waals surface area contributed by atoms with Crippen molar-refractivity contribution in [1.82, 2.24) is 10.2 Å². The van der Waals surface area contributed by atoms with E-state index in [2.05, 4.69) is 5.32 Å². The largest absolute Gasteiger partial charge is 0.497 e. The highest BCUT2D eigenvalue weighted by Gasteiger charge is 2.31. The van der Waals surface area contributed by atoms with Gasteiger partial charge in [-0.15, -0.1) is 0 Å². The van der Waals surface area contributed by atoms with Gasteiger partial charge < -0.3 is 15.0 Å². The molecule has 0 radical (unpaired) electrons. The third-order valence-corrected chi connectivity index (χ3v) is 6.09. The van der Waals surface area contributed by atoms with Crippen molar-refractivity contribution in [2.75, 3.05) is 24.2 Å². The monoisotopic (exact) mass is 493 g/mol. The van der Waals surface area contributed by atoms with Crippen LogP contribution in [0.1, 0.15) is 33.3 Å². The predicted octanol–water partition coefficient (Wildman–Crippen LogP) is 2.93. The second-order valence-electron chi connectivity index (χ2n) is 9.03. The predicted molar refractivity (Wildman–Crippen MR) is 129 cm³/mol. The van der Waals surface area contributed by atoms with E-state index in [0.717, 1.165) is 22.7 Å². The van der Waals surface area contributed by atoms with Gasteiger partial charge in [0.2, 0.25) is 21.8 Å². The smallest absolute Gasteiger partial charge is 0.244 e. The molecule has 2 aromatic rings. The number of hydrogen-bond acceptors (Lipinski definition) is 5. The molecule has 0 aliphatic rings. The summed E-state index contributed by atoms with van der Waals surface area (Å²) in [7, 11) is -2.35. The Morgan fingerprint density at radius 1 is 1.12 bits per heavy atom. The molecule has 0 fully saturated rings. The zero-order valence-corrected chi connectivity index (χ0v) is 21.1. The number of ether oxygens (including phenoxy) is 1. The van der Waals surface area contributed by atoms with Gasteiger partial charge in [-0.1, -0.05) is 12.1 Å². The number of sulfonamides is 1. The minimum absolute atomic E-state index is 0.0514. The molecular formula is C24H32FN3O5S. The first-order valence-corrected chi connectivity index (χ1v) is 12.5. The molecule has 0 bridgehead atoms. The Morgan fingerprint density at radius 3 is 2.26 bits per heavy atom. The van der Waals surface area contributed by atoms with E-state index in [9.17, 15) is 22.4 Å². The Labute approximate surface area is 200 Å². The zero-order chi connectivity index (χ0) is 25.7. The van der Waals surface area contributed by atoms with Crippen molar-refractivity contribution in [2.24, 2.45) is 0 Å². The molecule has 0 aliphatic carbocycles. The summed E-state index contributed by atoms with van der Waals surface area (Å²) in [5.74, 6) is -0.915. The Hall–Kier alpha value is -3.14. The van der Waals surface area contributed by atoms with Crippen molar-refractivity contribution in [3.63, 3.8) is 0 Å². The second kappa shape index (κ2) is 10.9. The van der Waals surface area contributed by atoms with Crippen LogP contribution in [0.15, 0.2) is 48.5 Å². The van der Waals surface area contributed by atoms with Gasteiger partial charge in [-0.3, -0.25) is 13.9 Å². The van der Waals surface area contributed by atoms with E-state index in [-0.39, 0.29) is 18.1 Å². The van der Waals surface area contributed by atoms with Crippen LogP contribution in [-0.4, -0.2) is 56.6 Å². The summed E-state index contributed by atoms with van der Waals surface area (Å²) in [5.41, 5.74) is 0.323. The number of methoxy groups -OCH3 is 1. The van der Waals surface area contributed by atoms with Crippen LogP contribution in [0.3, 0.4) is 0 Å². The summed E-state index contributed by atoms with van der Waals surface area (Å²) in [6.45, 7) is 6.56. The van der Waals surface area contributed by atoms with E-state index >= 15 is 0 Å². The highest BCUT2D eigenvalue weighted by molar-refractivity contribution is 7.92. The molecule has 2 rings (SSSR count).